The molecule has 2 heterocycles. The molecule has 1 aromatic heterocycles. The number of benzene rings is 2. The van der Waals surface area contributed by atoms with Crippen LogP contribution in [0.4, 0.5) is 4.39 Å². The summed E-state index contributed by atoms with van der Waals surface area (Å²) in [6.45, 7) is 0.935. The van der Waals surface area contributed by atoms with Gasteiger partial charge >= 0.3 is 0 Å². The number of amides is 2. The largest absolute Gasteiger partial charge is 0.359 e. The Labute approximate surface area is 193 Å². The van der Waals surface area contributed by atoms with Crippen LogP contribution in [0.1, 0.15) is 24.0 Å². The van der Waals surface area contributed by atoms with Crippen LogP contribution in [0.2, 0.25) is 0 Å². The molecule has 3 aromatic rings. The van der Waals surface area contributed by atoms with Crippen LogP contribution in [-0.2, 0) is 22.4 Å². The highest BCUT2D eigenvalue weighted by Crippen LogP contribution is 2.37. The van der Waals surface area contributed by atoms with Crippen molar-refractivity contribution < 1.29 is 14.0 Å². The van der Waals surface area contributed by atoms with Gasteiger partial charge in [-0.15, -0.1) is 0 Å². The quantitative estimate of drug-likeness (QED) is 0.623. The second-order valence-corrected chi connectivity index (χ2v) is 8.65. The maximum absolute atomic E-state index is 13.6. The fourth-order valence-electron chi connectivity index (χ4n) is 4.81. The number of hydrogen-bond donors (Lipinski definition) is 1. The Kier molecular flexibility index (Phi) is 6.82. The Morgan fingerprint density at radius 3 is 2.64 bits per heavy atom. The van der Waals surface area contributed by atoms with Crippen LogP contribution >= 0.6 is 0 Å². The first kappa shape index (κ1) is 22.6. The molecule has 33 heavy (non-hydrogen) atoms. The molecule has 6 heteroatoms. The standard InChI is InChI=1S/C27H28FN3O2/c1-29-26(33)27(18-22-7-2-3-9-24(22)21-10-13-30-14-11-21)12-5-15-31(19-27)25(32)17-20-6-4-8-23(28)16-20/h2-4,6-11,13-14,16H,5,12,15,17-19H2,1H3,(H,29,33)/t27-/m1/s1. The third-order valence-electron chi connectivity index (χ3n) is 6.42. The Morgan fingerprint density at radius 2 is 1.88 bits per heavy atom. The van der Waals surface area contributed by atoms with E-state index >= 15 is 0 Å². The number of piperidine rings is 1. The molecular weight excluding hydrogens is 417 g/mol. The number of nitrogens with one attached hydrogen (secondary N) is 1. The number of aromatic nitrogens is 1. The number of likely N-dealkylation sites (tertiary alicyclic amines) is 1. The zero-order chi connectivity index (χ0) is 23.3. The molecule has 0 aliphatic carbocycles. The van der Waals surface area contributed by atoms with E-state index in [4.69, 9.17) is 0 Å². The Morgan fingerprint density at radius 1 is 1.09 bits per heavy atom. The highest BCUT2D eigenvalue weighted by molar-refractivity contribution is 5.85. The van der Waals surface area contributed by atoms with Crippen molar-refractivity contribution in [3.05, 3.63) is 90.0 Å². The van der Waals surface area contributed by atoms with Crippen LogP contribution in [-0.4, -0.2) is 41.8 Å². The van der Waals surface area contributed by atoms with E-state index in [1.54, 1.807) is 36.5 Å². The molecule has 0 saturated carbocycles. The molecule has 1 fully saturated rings. The van der Waals surface area contributed by atoms with Crippen LogP contribution in [0, 0.1) is 11.2 Å². The van der Waals surface area contributed by atoms with Gasteiger partial charge in [0.05, 0.1) is 11.8 Å². The summed E-state index contributed by atoms with van der Waals surface area (Å²) in [6.07, 6.45) is 5.59. The first-order chi connectivity index (χ1) is 16.0. The van der Waals surface area contributed by atoms with Crippen molar-refractivity contribution in [3.8, 4) is 11.1 Å². The van der Waals surface area contributed by atoms with E-state index in [9.17, 15) is 14.0 Å². The minimum atomic E-state index is -0.728. The molecule has 2 aromatic carbocycles. The van der Waals surface area contributed by atoms with Crippen LogP contribution in [0.5, 0.6) is 0 Å². The average molecular weight is 446 g/mol. The smallest absolute Gasteiger partial charge is 0.228 e. The van der Waals surface area contributed by atoms with Crippen LogP contribution in [0.3, 0.4) is 0 Å². The van der Waals surface area contributed by atoms with Gasteiger partial charge in [0.25, 0.3) is 0 Å². The van der Waals surface area contributed by atoms with E-state index in [1.165, 1.54) is 12.1 Å². The van der Waals surface area contributed by atoms with Gasteiger partial charge in [0.15, 0.2) is 0 Å². The Bertz CT molecular complexity index is 1130. The highest BCUT2D eigenvalue weighted by Gasteiger charge is 2.43. The summed E-state index contributed by atoms with van der Waals surface area (Å²) in [6, 6.07) is 18.1. The number of carbonyl (C=O) groups is 2. The van der Waals surface area contributed by atoms with Gasteiger partial charge < -0.3 is 10.2 Å². The molecule has 0 unspecified atom stereocenters. The van der Waals surface area contributed by atoms with Gasteiger partial charge in [-0.1, -0.05) is 36.4 Å². The lowest BCUT2D eigenvalue weighted by Crippen LogP contribution is -2.54. The molecule has 4 rings (SSSR count). The lowest BCUT2D eigenvalue weighted by atomic mass is 9.73. The number of carbonyl (C=O) groups excluding carboxylic acids is 2. The van der Waals surface area contributed by atoms with Gasteiger partial charge in [-0.2, -0.15) is 0 Å². The van der Waals surface area contributed by atoms with Gasteiger partial charge in [-0.05, 0) is 65.8 Å². The molecule has 1 N–H and O–H groups in total. The zero-order valence-corrected chi connectivity index (χ0v) is 18.8. The molecule has 1 saturated heterocycles. The summed E-state index contributed by atoms with van der Waals surface area (Å²) in [7, 11) is 1.65. The summed E-state index contributed by atoms with van der Waals surface area (Å²) < 4.78 is 13.6. The van der Waals surface area contributed by atoms with Crippen molar-refractivity contribution in [2.45, 2.75) is 25.7 Å². The summed E-state index contributed by atoms with van der Waals surface area (Å²) in [5.41, 5.74) is 3.08. The number of rotatable bonds is 6. The summed E-state index contributed by atoms with van der Waals surface area (Å²) in [5.74, 6) is -0.502. The monoisotopic (exact) mass is 445 g/mol. The lowest BCUT2D eigenvalue weighted by Gasteiger charge is -2.42. The molecule has 0 radical (unpaired) electrons. The van der Waals surface area contributed by atoms with Crippen LogP contribution in [0.25, 0.3) is 11.1 Å². The zero-order valence-electron chi connectivity index (χ0n) is 18.8. The van der Waals surface area contributed by atoms with Gasteiger partial charge in [0.1, 0.15) is 5.82 Å². The van der Waals surface area contributed by atoms with Crippen molar-refractivity contribution >= 4 is 11.8 Å². The third-order valence-corrected chi connectivity index (χ3v) is 6.42. The Balaban J connectivity index is 1.60. The number of pyridine rings is 1. The van der Waals surface area contributed by atoms with E-state index in [0.29, 0.717) is 31.5 Å². The minimum Gasteiger partial charge on any atom is -0.359 e. The van der Waals surface area contributed by atoms with Crippen LogP contribution < -0.4 is 5.32 Å². The highest BCUT2D eigenvalue weighted by atomic mass is 19.1. The molecule has 170 valence electrons. The predicted molar refractivity (Wildman–Crippen MR) is 126 cm³/mol. The topological polar surface area (TPSA) is 62.3 Å². The third kappa shape index (κ3) is 5.11. The van der Waals surface area contributed by atoms with Gasteiger partial charge in [-0.25, -0.2) is 4.39 Å². The minimum absolute atomic E-state index is 0.0599. The molecule has 1 atom stereocenters. The van der Waals surface area contributed by atoms with Gasteiger partial charge in [-0.3, -0.25) is 14.6 Å². The fraction of sp³-hybridized carbons (Fsp3) is 0.296. The second-order valence-electron chi connectivity index (χ2n) is 8.65. The number of nitrogens with zero attached hydrogens (tertiary/aromatic N) is 2. The van der Waals surface area contributed by atoms with Gasteiger partial charge in [0, 0.05) is 32.5 Å². The van der Waals surface area contributed by atoms with E-state index in [1.807, 2.05) is 30.3 Å². The van der Waals surface area contributed by atoms with Crippen molar-refractivity contribution in [2.24, 2.45) is 5.41 Å². The maximum atomic E-state index is 13.6. The van der Waals surface area contributed by atoms with E-state index in [2.05, 4.69) is 16.4 Å². The van der Waals surface area contributed by atoms with E-state index in [-0.39, 0.29) is 24.1 Å². The maximum Gasteiger partial charge on any atom is 0.228 e. The summed E-state index contributed by atoms with van der Waals surface area (Å²) in [5, 5.41) is 2.84. The number of hydrogen-bond acceptors (Lipinski definition) is 3. The molecular formula is C27H28FN3O2. The first-order valence-corrected chi connectivity index (χ1v) is 11.2. The molecule has 0 spiro atoms. The van der Waals surface area contributed by atoms with Crippen molar-refractivity contribution in [1.29, 1.82) is 0 Å². The molecule has 1 aliphatic rings. The fourth-order valence-corrected chi connectivity index (χ4v) is 4.81. The van der Waals surface area contributed by atoms with Crippen molar-refractivity contribution in [1.82, 2.24) is 15.2 Å². The molecule has 2 amide bonds. The number of halogens is 1. The summed E-state index contributed by atoms with van der Waals surface area (Å²) >= 11 is 0. The van der Waals surface area contributed by atoms with E-state index < -0.39 is 5.41 Å². The second kappa shape index (κ2) is 9.94. The van der Waals surface area contributed by atoms with Gasteiger partial charge in [0.2, 0.25) is 11.8 Å². The SMILES string of the molecule is CNC(=O)[C@@]1(Cc2ccccc2-c2ccncc2)CCCN(C(=O)Cc2cccc(F)c2)C1. The lowest BCUT2D eigenvalue weighted by molar-refractivity contribution is -0.141. The predicted octanol–water partition coefficient (Wildman–Crippen LogP) is 4.03. The van der Waals surface area contributed by atoms with Crippen molar-refractivity contribution in [2.75, 3.05) is 20.1 Å². The average Bonchev–Trinajstić information content (AvgIpc) is 2.84. The van der Waals surface area contributed by atoms with Crippen molar-refractivity contribution in [3.63, 3.8) is 0 Å². The summed E-state index contributed by atoms with van der Waals surface area (Å²) in [4.78, 5) is 32.2. The normalized spacial score (nSPS) is 18.1. The van der Waals surface area contributed by atoms with E-state index in [0.717, 1.165) is 23.1 Å². The van der Waals surface area contributed by atoms with Crippen LogP contribution in [0.15, 0.2) is 73.1 Å². The molecule has 0 bridgehead atoms. The molecule has 1 aliphatic heterocycles. The molecule has 5 nitrogen and oxygen atoms in total. The first-order valence-electron chi connectivity index (χ1n) is 11.2. The Hall–Kier alpha value is -3.54.